The van der Waals surface area contributed by atoms with E-state index in [1.54, 1.807) is 25.8 Å². The first-order chi connectivity index (χ1) is 18.2. The largest absolute Gasteiger partial charge is 0.497 e. The second-order valence-electron chi connectivity index (χ2n) is 8.02. The number of rotatable bonds is 8. The van der Waals surface area contributed by atoms with E-state index < -0.39 is 0 Å². The predicted octanol–water partition coefficient (Wildman–Crippen LogP) is 5.59. The van der Waals surface area contributed by atoms with Crippen molar-refractivity contribution in [3.8, 4) is 11.3 Å². The van der Waals surface area contributed by atoms with Crippen LogP contribution in [0.4, 0.5) is 0 Å². The maximum Gasteiger partial charge on any atom is 0.239 e. The molecule has 8 nitrogen and oxygen atoms in total. The van der Waals surface area contributed by atoms with Gasteiger partial charge in [-0.05, 0) is 36.8 Å². The summed E-state index contributed by atoms with van der Waals surface area (Å²) in [6.45, 7) is 9.71. The Morgan fingerprint density at radius 2 is 2.05 bits per heavy atom. The number of imidazole rings is 1. The van der Waals surface area contributed by atoms with Crippen LogP contribution in [0.15, 0.2) is 67.2 Å². The number of aromatic amines is 1. The topological polar surface area (TPSA) is 89.8 Å². The lowest BCUT2D eigenvalue weighted by Gasteiger charge is -2.10. The van der Waals surface area contributed by atoms with Crippen LogP contribution in [0.1, 0.15) is 45.4 Å². The van der Waals surface area contributed by atoms with Crippen LogP contribution in [0, 0.1) is 0 Å². The van der Waals surface area contributed by atoms with Gasteiger partial charge in [-0.15, -0.1) is 0 Å². The fourth-order valence-electron chi connectivity index (χ4n) is 4.18. The van der Waals surface area contributed by atoms with Gasteiger partial charge in [-0.3, -0.25) is 4.79 Å². The van der Waals surface area contributed by atoms with E-state index in [2.05, 4.69) is 32.4 Å². The number of nitrogens with zero attached hydrogens (tertiary/aromatic N) is 4. The van der Waals surface area contributed by atoms with Gasteiger partial charge in [0.15, 0.2) is 0 Å². The van der Waals surface area contributed by atoms with E-state index in [9.17, 15) is 4.79 Å². The molecule has 0 unspecified atom stereocenters. The summed E-state index contributed by atoms with van der Waals surface area (Å²) in [4.78, 5) is 24.6. The van der Waals surface area contributed by atoms with E-state index >= 15 is 0 Å². The monoisotopic (exact) mass is 502 g/mol. The number of aryl methyl sites for hydroxylation is 1. The predicted molar refractivity (Wildman–Crippen MR) is 150 cm³/mol. The molecular formula is C29H38N6O2. The highest BCUT2D eigenvalue weighted by atomic mass is 16.5. The molecule has 0 saturated carbocycles. The van der Waals surface area contributed by atoms with Crippen molar-refractivity contribution in [1.82, 2.24) is 29.4 Å². The number of hydrogen-bond acceptors (Lipinski definition) is 4. The van der Waals surface area contributed by atoms with Crippen LogP contribution in [0.3, 0.4) is 0 Å². The van der Waals surface area contributed by atoms with Crippen molar-refractivity contribution in [3.05, 3.63) is 78.5 Å². The molecule has 1 aliphatic carbocycles. The number of allylic oxidation sites excluding steroid dienone is 2. The second kappa shape index (κ2) is 13.9. The van der Waals surface area contributed by atoms with Crippen molar-refractivity contribution < 1.29 is 9.53 Å². The van der Waals surface area contributed by atoms with E-state index in [1.807, 2.05) is 73.5 Å². The lowest BCUT2D eigenvalue weighted by atomic mass is 10.1. The zero-order chi connectivity index (χ0) is 26.6. The molecular weight excluding hydrogens is 464 g/mol. The number of ether oxygens (including phenoxy) is 1. The first-order valence-electron chi connectivity index (χ1n) is 13.0. The van der Waals surface area contributed by atoms with Gasteiger partial charge in [0.1, 0.15) is 18.0 Å². The number of H-pyrrole nitrogens is 1. The fourth-order valence-corrected chi connectivity index (χ4v) is 4.18. The molecule has 5 rings (SSSR count). The molecule has 0 spiro atoms. The number of fused-ring (bicyclic) bond motifs is 2. The van der Waals surface area contributed by atoms with Gasteiger partial charge in [0.05, 0.1) is 13.4 Å². The number of methoxy groups -OCH3 is 1. The first-order valence-corrected chi connectivity index (χ1v) is 13.0. The summed E-state index contributed by atoms with van der Waals surface area (Å²) >= 11 is 0. The molecule has 2 N–H and O–H groups in total. The standard InChI is InChI=1S/C25H26N6O2.2C2H6/c1-33-19-6-2-7-23-20(14-19)21(22-13-18-5-3-8-28-25(18)29-22)15-31(23)16-24(32)27-9-4-11-30-12-10-26-17-30;2*1-2/h2-3,5-6,8,10,12-15,17H,4,7,9,11,16H2,1H3,(H,27,32)(H,28,29);2*1-2H3. The number of nitrogens with one attached hydrogen (secondary N) is 2. The Hall–Kier alpha value is -4.07. The Morgan fingerprint density at radius 3 is 2.78 bits per heavy atom. The van der Waals surface area contributed by atoms with Crippen LogP contribution in [0.25, 0.3) is 28.4 Å². The van der Waals surface area contributed by atoms with Crippen LogP contribution in [0.5, 0.6) is 0 Å². The number of aromatic nitrogens is 5. The van der Waals surface area contributed by atoms with Crippen molar-refractivity contribution in [1.29, 1.82) is 0 Å². The van der Waals surface area contributed by atoms with Crippen molar-refractivity contribution in [3.63, 3.8) is 0 Å². The van der Waals surface area contributed by atoms with E-state index in [0.29, 0.717) is 13.0 Å². The van der Waals surface area contributed by atoms with Crippen LogP contribution >= 0.6 is 0 Å². The van der Waals surface area contributed by atoms with E-state index in [-0.39, 0.29) is 12.5 Å². The summed E-state index contributed by atoms with van der Waals surface area (Å²) < 4.78 is 9.56. The summed E-state index contributed by atoms with van der Waals surface area (Å²) in [6.07, 6.45) is 16.9. The molecule has 4 aromatic rings. The van der Waals surface area contributed by atoms with Crippen LogP contribution in [-0.2, 0) is 29.0 Å². The number of pyridine rings is 1. The van der Waals surface area contributed by atoms with Crippen LogP contribution in [-0.4, -0.2) is 43.6 Å². The highest BCUT2D eigenvalue weighted by Crippen LogP contribution is 2.33. The SMILES string of the molecule is CC.CC.COC1=Cc2c(-c3cc4cccnc4[nH]3)cn(CC(=O)NCCCn3ccnc3)c2CC=C1. The first kappa shape index (κ1) is 27.5. The summed E-state index contributed by atoms with van der Waals surface area (Å²) in [5.41, 5.74) is 4.96. The molecule has 196 valence electrons. The lowest BCUT2D eigenvalue weighted by molar-refractivity contribution is -0.121. The lowest BCUT2D eigenvalue weighted by Crippen LogP contribution is -2.29. The van der Waals surface area contributed by atoms with Crippen molar-refractivity contribution in [2.24, 2.45) is 0 Å². The molecule has 0 atom stereocenters. The molecule has 0 aliphatic heterocycles. The molecule has 0 fully saturated rings. The third kappa shape index (κ3) is 6.78. The molecule has 4 aromatic heterocycles. The molecule has 8 heteroatoms. The summed E-state index contributed by atoms with van der Waals surface area (Å²) in [6, 6.07) is 6.06. The third-order valence-corrected chi connectivity index (χ3v) is 5.82. The Morgan fingerprint density at radius 1 is 1.22 bits per heavy atom. The molecule has 0 bridgehead atoms. The Labute approximate surface area is 219 Å². The van der Waals surface area contributed by atoms with E-state index in [4.69, 9.17) is 4.74 Å². The summed E-state index contributed by atoms with van der Waals surface area (Å²) in [5.74, 6) is 0.776. The number of carbonyl (C=O) groups is 1. The number of carbonyl (C=O) groups excluding carboxylic acids is 1. The molecule has 0 aromatic carbocycles. The average Bonchev–Trinajstić information content (AvgIpc) is 3.65. The van der Waals surface area contributed by atoms with Crippen LogP contribution in [0.2, 0.25) is 0 Å². The molecule has 4 heterocycles. The Bertz CT molecular complexity index is 1290. The van der Waals surface area contributed by atoms with Gasteiger partial charge < -0.3 is 24.2 Å². The Kier molecular flexibility index (Phi) is 10.3. The van der Waals surface area contributed by atoms with E-state index in [0.717, 1.165) is 52.3 Å². The maximum absolute atomic E-state index is 12.7. The van der Waals surface area contributed by atoms with Crippen LogP contribution < -0.4 is 5.32 Å². The molecule has 1 aliphatic rings. The zero-order valence-corrected chi connectivity index (χ0v) is 22.5. The van der Waals surface area contributed by atoms with Gasteiger partial charge in [-0.1, -0.05) is 33.8 Å². The second-order valence-corrected chi connectivity index (χ2v) is 8.02. The van der Waals surface area contributed by atoms with Crippen molar-refractivity contribution in [2.45, 2.75) is 53.6 Å². The highest BCUT2D eigenvalue weighted by Gasteiger charge is 2.20. The summed E-state index contributed by atoms with van der Waals surface area (Å²) in [7, 11) is 1.67. The maximum atomic E-state index is 12.7. The molecule has 0 radical (unpaired) electrons. The van der Waals surface area contributed by atoms with Gasteiger partial charge in [-0.25, -0.2) is 9.97 Å². The van der Waals surface area contributed by atoms with E-state index in [1.165, 1.54) is 0 Å². The fraction of sp³-hybridized carbons (Fsp3) is 0.345. The average molecular weight is 503 g/mol. The Balaban J connectivity index is 0.000000907. The van der Waals surface area contributed by atoms with Gasteiger partial charge in [0, 0.05) is 72.2 Å². The van der Waals surface area contributed by atoms with Gasteiger partial charge in [-0.2, -0.15) is 0 Å². The van der Waals surface area contributed by atoms with Gasteiger partial charge in [0.25, 0.3) is 0 Å². The minimum atomic E-state index is -0.00698. The summed E-state index contributed by atoms with van der Waals surface area (Å²) in [5, 5.41) is 4.09. The number of hydrogen-bond donors (Lipinski definition) is 2. The minimum absolute atomic E-state index is 0.00698. The minimum Gasteiger partial charge on any atom is -0.497 e. The highest BCUT2D eigenvalue weighted by molar-refractivity contribution is 5.87. The van der Waals surface area contributed by atoms with Crippen molar-refractivity contribution >= 4 is 23.0 Å². The molecule has 0 saturated heterocycles. The molecule has 37 heavy (non-hydrogen) atoms. The van der Waals surface area contributed by atoms with Gasteiger partial charge >= 0.3 is 0 Å². The normalized spacial score (nSPS) is 11.9. The van der Waals surface area contributed by atoms with Crippen molar-refractivity contribution in [2.75, 3.05) is 13.7 Å². The number of amides is 1. The van der Waals surface area contributed by atoms with Gasteiger partial charge in [0.2, 0.25) is 5.91 Å². The quantitative estimate of drug-likeness (QED) is 0.308. The molecule has 1 amide bonds. The zero-order valence-electron chi connectivity index (χ0n) is 22.5. The smallest absolute Gasteiger partial charge is 0.239 e. The third-order valence-electron chi connectivity index (χ3n) is 5.82.